The minimum Gasteiger partial charge on any atom is -0.468 e. The molecule has 7 heteroatoms. The van der Waals surface area contributed by atoms with Gasteiger partial charge >= 0.3 is 11.7 Å². The Hall–Kier alpha value is -3.06. The van der Waals surface area contributed by atoms with Gasteiger partial charge in [-0.2, -0.15) is 0 Å². The Balaban J connectivity index is 1.60. The van der Waals surface area contributed by atoms with Crippen molar-refractivity contribution in [2.75, 3.05) is 11.9 Å². The molecular formula is C21H22N2O5. The van der Waals surface area contributed by atoms with Crippen LogP contribution in [0.2, 0.25) is 0 Å². The highest BCUT2D eigenvalue weighted by Gasteiger charge is 2.30. The second kappa shape index (κ2) is 7.90. The average molecular weight is 382 g/mol. The van der Waals surface area contributed by atoms with Crippen molar-refractivity contribution >= 4 is 22.7 Å². The third-order valence-corrected chi connectivity index (χ3v) is 4.73. The van der Waals surface area contributed by atoms with E-state index in [1.807, 2.05) is 18.2 Å². The smallest absolute Gasteiger partial charge is 0.411 e. The lowest BCUT2D eigenvalue weighted by atomic mass is 10.1. The monoisotopic (exact) mass is 382 g/mol. The maximum absolute atomic E-state index is 12.1. The number of ether oxygens (including phenoxy) is 1. The van der Waals surface area contributed by atoms with Crippen LogP contribution in [0, 0.1) is 0 Å². The van der Waals surface area contributed by atoms with Crippen LogP contribution in [0.4, 0.5) is 10.5 Å². The van der Waals surface area contributed by atoms with Crippen molar-refractivity contribution < 1.29 is 18.4 Å². The van der Waals surface area contributed by atoms with E-state index < -0.39 is 11.7 Å². The zero-order valence-corrected chi connectivity index (χ0v) is 15.6. The lowest BCUT2D eigenvalue weighted by molar-refractivity contribution is 0.168. The lowest BCUT2D eigenvalue weighted by Gasteiger charge is -2.21. The van der Waals surface area contributed by atoms with Gasteiger partial charge in [-0.3, -0.25) is 10.2 Å². The highest BCUT2D eigenvalue weighted by atomic mass is 16.5. The van der Waals surface area contributed by atoms with Gasteiger partial charge in [0.25, 0.3) is 0 Å². The number of nitrogens with one attached hydrogen (secondary N) is 1. The molecule has 0 unspecified atom stereocenters. The Kier molecular flexibility index (Phi) is 5.16. The van der Waals surface area contributed by atoms with Crippen LogP contribution in [0.15, 0.2) is 56.3 Å². The number of carbonyl (C=O) groups excluding carboxylic acids is 1. The quantitative estimate of drug-likeness (QED) is 0.619. The maximum Gasteiger partial charge on any atom is 0.411 e. The summed E-state index contributed by atoms with van der Waals surface area (Å²) in [6, 6.07) is 11.1. The van der Waals surface area contributed by atoms with Crippen LogP contribution in [-0.2, 0) is 17.8 Å². The highest BCUT2D eigenvalue weighted by molar-refractivity contribution is 5.89. The molecule has 0 saturated heterocycles. The third-order valence-electron chi connectivity index (χ3n) is 4.73. The molecule has 0 radical (unpaired) electrons. The molecule has 0 aliphatic heterocycles. The van der Waals surface area contributed by atoms with Gasteiger partial charge in [-0.1, -0.05) is 0 Å². The van der Waals surface area contributed by atoms with Crippen LogP contribution in [0.25, 0.3) is 11.0 Å². The summed E-state index contributed by atoms with van der Waals surface area (Å²) in [5, 5.41) is 3.47. The Labute approximate surface area is 161 Å². The molecule has 0 bridgehead atoms. The van der Waals surface area contributed by atoms with Gasteiger partial charge in [0, 0.05) is 35.8 Å². The van der Waals surface area contributed by atoms with E-state index in [0.29, 0.717) is 30.4 Å². The molecule has 1 aliphatic carbocycles. The largest absolute Gasteiger partial charge is 0.468 e. The SMILES string of the molecule is CCOC(=O)Nc1ccc2c(CN(Cc3ccco3)C3CC3)cc(=O)oc2c1. The van der Waals surface area contributed by atoms with Gasteiger partial charge < -0.3 is 13.6 Å². The first kappa shape index (κ1) is 18.3. The number of fused-ring (bicyclic) bond motifs is 1. The van der Waals surface area contributed by atoms with Gasteiger partial charge in [-0.25, -0.2) is 9.59 Å². The zero-order chi connectivity index (χ0) is 19.5. The van der Waals surface area contributed by atoms with E-state index >= 15 is 0 Å². The predicted molar refractivity (Wildman–Crippen MR) is 104 cm³/mol. The van der Waals surface area contributed by atoms with Gasteiger partial charge in [-0.05, 0) is 49.6 Å². The van der Waals surface area contributed by atoms with Crippen LogP contribution < -0.4 is 10.9 Å². The van der Waals surface area contributed by atoms with Gasteiger partial charge in [-0.15, -0.1) is 0 Å². The maximum atomic E-state index is 12.1. The summed E-state index contributed by atoms with van der Waals surface area (Å²) in [5.41, 5.74) is 1.43. The van der Waals surface area contributed by atoms with Crippen molar-refractivity contribution in [1.29, 1.82) is 0 Å². The van der Waals surface area contributed by atoms with Crippen molar-refractivity contribution in [3.05, 3.63) is 64.4 Å². The van der Waals surface area contributed by atoms with E-state index in [9.17, 15) is 9.59 Å². The molecule has 146 valence electrons. The number of furan rings is 1. The molecule has 3 aromatic rings. The Morgan fingerprint density at radius 3 is 2.82 bits per heavy atom. The number of hydrogen-bond acceptors (Lipinski definition) is 6. The Bertz CT molecular complexity index is 1020. The molecule has 2 heterocycles. The molecule has 7 nitrogen and oxygen atoms in total. The number of rotatable bonds is 7. The van der Waals surface area contributed by atoms with Crippen LogP contribution in [0.3, 0.4) is 0 Å². The second-order valence-electron chi connectivity index (χ2n) is 6.86. The summed E-state index contributed by atoms with van der Waals surface area (Å²) < 4.78 is 15.7. The molecule has 1 fully saturated rings. The van der Waals surface area contributed by atoms with E-state index in [1.54, 1.807) is 25.3 Å². The zero-order valence-electron chi connectivity index (χ0n) is 15.6. The molecule has 28 heavy (non-hydrogen) atoms. The van der Waals surface area contributed by atoms with Crippen molar-refractivity contribution in [3.63, 3.8) is 0 Å². The molecule has 0 atom stereocenters. The fraction of sp³-hybridized carbons (Fsp3) is 0.333. The van der Waals surface area contributed by atoms with E-state index in [2.05, 4.69) is 10.2 Å². The van der Waals surface area contributed by atoms with Gasteiger partial charge in [0.15, 0.2) is 0 Å². The van der Waals surface area contributed by atoms with Crippen LogP contribution >= 0.6 is 0 Å². The third kappa shape index (κ3) is 4.26. The lowest BCUT2D eigenvalue weighted by Crippen LogP contribution is -2.25. The van der Waals surface area contributed by atoms with Crippen LogP contribution in [0.1, 0.15) is 31.1 Å². The topological polar surface area (TPSA) is 84.9 Å². The molecule has 2 aromatic heterocycles. The normalized spacial score (nSPS) is 13.8. The Morgan fingerprint density at radius 1 is 1.25 bits per heavy atom. The first-order valence-electron chi connectivity index (χ1n) is 9.39. The van der Waals surface area contributed by atoms with Crippen molar-refractivity contribution in [2.24, 2.45) is 0 Å². The number of amides is 1. The summed E-state index contributed by atoms with van der Waals surface area (Å²) in [6.07, 6.45) is 3.42. The number of carbonyl (C=O) groups is 1. The standard InChI is InChI=1S/C21H22N2O5/c1-2-26-21(25)22-15-5-8-18-14(10-20(24)28-19(18)11-15)12-23(16-6-7-16)13-17-4-3-9-27-17/h3-5,8-11,16H,2,6-7,12-13H2,1H3,(H,22,25). The molecule has 0 spiro atoms. The fourth-order valence-corrected chi connectivity index (χ4v) is 3.30. The van der Waals surface area contributed by atoms with E-state index in [4.69, 9.17) is 13.6 Å². The molecule has 4 rings (SSSR count). The molecule has 1 N–H and O–H groups in total. The summed E-state index contributed by atoms with van der Waals surface area (Å²) in [5.74, 6) is 0.903. The average Bonchev–Trinajstić information content (AvgIpc) is 3.38. The summed E-state index contributed by atoms with van der Waals surface area (Å²) in [7, 11) is 0. The summed E-state index contributed by atoms with van der Waals surface area (Å²) in [4.78, 5) is 26.0. The second-order valence-corrected chi connectivity index (χ2v) is 6.86. The fourth-order valence-electron chi connectivity index (χ4n) is 3.30. The number of hydrogen-bond donors (Lipinski definition) is 1. The van der Waals surface area contributed by atoms with Gasteiger partial charge in [0.05, 0.1) is 19.4 Å². The first-order chi connectivity index (χ1) is 13.6. The highest BCUT2D eigenvalue weighted by Crippen LogP contribution is 2.31. The van der Waals surface area contributed by atoms with Crippen molar-refractivity contribution in [1.82, 2.24) is 4.90 Å². The van der Waals surface area contributed by atoms with Crippen LogP contribution in [0.5, 0.6) is 0 Å². The van der Waals surface area contributed by atoms with E-state index in [0.717, 1.165) is 29.6 Å². The molecule has 1 saturated carbocycles. The first-order valence-corrected chi connectivity index (χ1v) is 9.39. The van der Waals surface area contributed by atoms with Crippen LogP contribution in [-0.4, -0.2) is 23.6 Å². The number of benzene rings is 1. The molecule has 1 aliphatic rings. The predicted octanol–water partition coefficient (Wildman–Crippen LogP) is 4.12. The minimum absolute atomic E-state index is 0.283. The van der Waals surface area contributed by atoms with Crippen molar-refractivity contribution in [3.8, 4) is 0 Å². The van der Waals surface area contributed by atoms with Gasteiger partial charge in [0.2, 0.25) is 0 Å². The van der Waals surface area contributed by atoms with Gasteiger partial charge in [0.1, 0.15) is 11.3 Å². The van der Waals surface area contributed by atoms with E-state index in [-0.39, 0.29) is 6.61 Å². The molecule has 1 aromatic carbocycles. The summed E-state index contributed by atoms with van der Waals surface area (Å²) >= 11 is 0. The molecule has 1 amide bonds. The van der Waals surface area contributed by atoms with E-state index in [1.165, 1.54) is 6.07 Å². The number of nitrogens with zero attached hydrogens (tertiary/aromatic N) is 1. The molecular weight excluding hydrogens is 360 g/mol. The van der Waals surface area contributed by atoms with Crippen molar-refractivity contribution in [2.45, 2.75) is 38.9 Å². The summed E-state index contributed by atoms with van der Waals surface area (Å²) in [6.45, 7) is 3.34. The number of anilines is 1. The minimum atomic E-state index is -0.543. The Morgan fingerprint density at radius 2 is 2.11 bits per heavy atom.